The first kappa shape index (κ1) is 20.4. The van der Waals surface area contributed by atoms with Crippen molar-refractivity contribution in [2.75, 3.05) is 12.4 Å². The van der Waals surface area contributed by atoms with Crippen LogP contribution in [0.4, 0.5) is 20.3 Å². The number of aromatic nitrogens is 3. The van der Waals surface area contributed by atoms with Crippen molar-refractivity contribution in [3.8, 4) is 11.3 Å². The van der Waals surface area contributed by atoms with Crippen LogP contribution in [0, 0.1) is 0 Å². The minimum atomic E-state index is -3.32. The summed E-state index contributed by atoms with van der Waals surface area (Å²) in [5.74, 6) is 1.57. The van der Waals surface area contributed by atoms with Crippen LogP contribution in [0.1, 0.15) is 30.7 Å². The molecular formula is C22H23F2N5OS. The molecule has 0 saturated heterocycles. The lowest BCUT2D eigenvalue weighted by molar-refractivity contribution is -0.255. The summed E-state index contributed by atoms with van der Waals surface area (Å²) in [5, 5.41) is 3.26. The molecule has 5 rings (SSSR count). The van der Waals surface area contributed by atoms with Crippen molar-refractivity contribution < 1.29 is 13.5 Å². The Bertz CT molecular complexity index is 1060. The third-order valence-corrected chi connectivity index (χ3v) is 6.04. The minimum absolute atomic E-state index is 0.239. The van der Waals surface area contributed by atoms with Gasteiger partial charge in [-0.25, -0.2) is 9.97 Å². The molecule has 0 bridgehead atoms. The maximum Gasteiger partial charge on any atom is 0.385 e. The normalized spacial score (nSPS) is 15.8. The zero-order valence-electron chi connectivity index (χ0n) is 17.1. The van der Waals surface area contributed by atoms with Gasteiger partial charge in [0.2, 0.25) is 0 Å². The summed E-state index contributed by atoms with van der Waals surface area (Å²) >= 11 is 1.52. The van der Waals surface area contributed by atoms with Crippen LogP contribution in [0.2, 0.25) is 0 Å². The van der Waals surface area contributed by atoms with Crippen molar-refractivity contribution in [3.63, 3.8) is 0 Å². The number of hydrogen-bond donors (Lipinski definition) is 2. The van der Waals surface area contributed by atoms with E-state index in [0.29, 0.717) is 18.7 Å². The van der Waals surface area contributed by atoms with Crippen LogP contribution in [0.15, 0.2) is 47.6 Å². The van der Waals surface area contributed by atoms with Gasteiger partial charge < -0.3 is 14.6 Å². The van der Waals surface area contributed by atoms with E-state index in [0.717, 1.165) is 47.1 Å². The molecule has 2 aromatic heterocycles. The highest BCUT2D eigenvalue weighted by Crippen LogP contribution is 2.38. The van der Waals surface area contributed by atoms with Crippen molar-refractivity contribution in [1.82, 2.24) is 19.3 Å². The van der Waals surface area contributed by atoms with Crippen molar-refractivity contribution in [3.05, 3.63) is 54.1 Å². The molecule has 2 aliphatic rings. The molecule has 9 heteroatoms. The fraction of sp³-hybridized carbons (Fsp3) is 0.364. The SMILES string of the molecule is CNSc1ccc(Nc2ccc(C(F)(F)OC3CC3)cn2)c(-c2cn3c(n2)CCC3)c1. The Morgan fingerprint density at radius 2 is 2.10 bits per heavy atom. The molecule has 1 aromatic carbocycles. The van der Waals surface area contributed by atoms with Crippen LogP contribution in [0.5, 0.6) is 0 Å². The van der Waals surface area contributed by atoms with Crippen LogP contribution < -0.4 is 10.0 Å². The lowest BCUT2D eigenvalue weighted by Gasteiger charge is -2.17. The number of nitrogens with zero attached hydrogens (tertiary/aromatic N) is 3. The summed E-state index contributed by atoms with van der Waals surface area (Å²) in [6.07, 6.45) is 3.05. The molecule has 31 heavy (non-hydrogen) atoms. The quantitative estimate of drug-likeness (QED) is 0.473. The third kappa shape index (κ3) is 4.44. The van der Waals surface area contributed by atoms with E-state index in [1.807, 2.05) is 19.2 Å². The fourth-order valence-electron chi connectivity index (χ4n) is 3.65. The van der Waals surface area contributed by atoms with E-state index in [2.05, 4.69) is 31.9 Å². The Hall–Kier alpha value is -2.49. The zero-order valence-corrected chi connectivity index (χ0v) is 17.9. The standard InChI is InChI=1S/C22H23F2N5OS/c1-25-31-16-7-8-18(17(11-16)19-13-29-10-2-3-21(29)28-19)27-20-9-4-14(12-26-20)22(23,24)30-15-5-6-15/h4,7-9,11-13,15,25H,2-3,5-6,10H2,1H3,(H,26,27). The number of fused-ring (bicyclic) bond motifs is 1. The number of hydrogen-bond acceptors (Lipinski definition) is 6. The van der Waals surface area contributed by atoms with Gasteiger partial charge in [-0.05, 0) is 68.6 Å². The topological polar surface area (TPSA) is 64.0 Å². The maximum atomic E-state index is 14.2. The van der Waals surface area contributed by atoms with Crippen LogP contribution in [0.25, 0.3) is 11.3 Å². The molecule has 0 unspecified atom stereocenters. The molecule has 1 aliphatic heterocycles. The van der Waals surface area contributed by atoms with Crippen molar-refractivity contribution in [2.24, 2.45) is 0 Å². The molecule has 1 aliphatic carbocycles. The molecule has 0 atom stereocenters. The van der Waals surface area contributed by atoms with Gasteiger partial charge in [0, 0.05) is 41.5 Å². The molecule has 162 valence electrons. The Labute approximate surface area is 183 Å². The van der Waals surface area contributed by atoms with Crippen molar-refractivity contribution >= 4 is 23.5 Å². The van der Waals surface area contributed by atoms with E-state index < -0.39 is 6.11 Å². The maximum absolute atomic E-state index is 14.2. The monoisotopic (exact) mass is 443 g/mol. The molecule has 1 saturated carbocycles. The molecule has 3 heterocycles. The van der Waals surface area contributed by atoms with Crippen LogP contribution in [-0.2, 0) is 23.8 Å². The minimum Gasteiger partial charge on any atom is -0.340 e. The molecule has 0 spiro atoms. The predicted octanol–water partition coefficient (Wildman–Crippen LogP) is 5.09. The van der Waals surface area contributed by atoms with E-state index >= 15 is 0 Å². The number of alkyl halides is 2. The number of pyridine rings is 1. The van der Waals surface area contributed by atoms with Crippen molar-refractivity contribution in [1.29, 1.82) is 0 Å². The van der Waals surface area contributed by atoms with Gasteiger partial charge in [0.05, 0.1) is 17.4 Å². The lowest BCUT2D eigenvalue weighted by atomic mass is 10.1. The van der Waals surface area contributed by atoms with E-state index in [-0.39, 0.29) is 11.7 Å². The van der Waals surface area contributed by atoms with E-state index in [9.17, 15) is 8.78 Å². The fourth-order valence-corrected chi connectivity index (χ4v) is 4.20. The molecule has 1 fully saturated rings. The summed E-state index contributed by atoms with van der Waals surface area (Å²) in [4.78, 5) is 10.1. The second kappa shape index (κ2) is 8.22. The van der Waals surface area contributed by atoms with Crippen molar-refractivity contribution in [2.45, 2.75) is 49.3 Å². The Balaban J connectivity index is 1.41. The van der Waals surface area contributed by atoms with Gasteiger partial charge in [0.25, 0.3) is 0 Å². The average molecular weight is 444 g/mol. The summed E-state index contributed by atoms with van der Waals surface area (Å²) in [6, 6.07) is 8.91. The Kier molecular flexibility index (Phi) is 5.41. The smallest absolute Gasteiger partial charge is 0.340 e. The largest absolute Gasteiger partial charge is 0.385 e. The highest BCUT2D eigenvalue weighted by atomic mass is 32.2. The number of nitrogens with one attached hydrogen (secondary N) is 2. The molecule has 0 amide bonds. The third-order valence-electron chi connectivity index (χ3n) is 5.35. The Morgan fingerprint density at radius 1 is 1.23 bits per heavy atom. The first-order valence-electron chi connectivity index (χ1n) is 10.3. The highest BCUT2D eigenvalue weighted by molar-refractivity contribution is 7.97. The second-order valence-corrected chi connectivity index (χ2v) is 8.83. The molecular weight excluding hydrogens is 420 g/mol. The lowest BCUT2D eigenvalue weighted by Crippen LogP contribution is -2.19. The van der Waals surface area contributed by atoms with Gasteiger partial charge >= 0.3 is 6.11 Å². The van der Waals surface area contributed by atoms with Gasteiger partial charge in [-0.2, -0.15) is 8.78 Å². The van der Waals surface area contributed by atoms with Gasteiger partial charge in [0.1, 0.15) is 11.6 Å². The van der Waals surface area contributed by atoms with Gasteiger partial charge in [-0.15, -0.1) is 0 Å². The van der Waals surface area contributed by atoms with Crippen LogP contribution in [0.3, 0.4) is 0 Å². The Morgan fingerprint density at radius 3 is 2.81 bits per heavy atom. The van der Waals surface area contributed by atoms with Gasteiger partial charge in [-0.3, -0.25) is 4.72 Å². The summed E-state index contributed by atoms with van der Waals surface area (Å²) < 4.78 is 38.5. The number of rotatable bonds is 8. The van der Waals surface area contributed by atoms with E-state index in [4.69, 9.17) is 9.72 Å². The number of anilines is 2. The summed E-state index contributed by atoms with van der Waals surface area (Å²) in [5.41, 5.74) is 2.40. The van der Waals surface area contributed by atoms with Gasteiger partial charge in [0.15, 0.2) is 0 Å². The second-order valence-electron chi connectivity index (χ2n) is 7.74. The number of aryl methyl sites for hydroxylation is 2. The summed E-state index contributed by atoms with van der Waals surface area (Å²) in [7, 11) is 1.87. The summed E-state index contributed by atoms with van der Waals surface area (Å²) in [6.45, 7) is 0.982. The number of benzene rings is 1. The highest BCUT2D eigenvalue weighted by Gasteiger charge is 2.40. The molecule has 6 nitrogen and oxygen atoms in total. The van der Waals surface area contributed by atoms with E-state index in [1.165, 1.54) is 24.2 Å². The average Bonchev–Trinajstić information content (AvgIpc) is 3.28. The number of ether oxygens (including phenoxy) is 1. The first-order valence-corrected chi connectivity index (χ1v) is 11.2. The van der Waals surface area contributed by atoms with Gasteiger partial charge in [-0.1, -0.05) is 0 Å². The van der Waals surface area contributed by atoms with E-state index in [1.54, 1.807) is 6.07 Å². The first-order chi connectivity index (χ1) is 15.0. The zero-order chi connectivity index (χ0) is 21.4. The number of halogens is 2. The van der Waals surface area contributed by atoms with Crippen LogP contribution in [-0.4, -0.2) is 27.7 Å². The molecule has 2 N–H and O–H groups in total. The molecule has 0 radical (unpaired) electrons. The predicted molar refractivity (Wildman–Crippen MR) is 116 cm³/mol. The molecule has 3 aromatic rings. The van der Waals surface area contributed by atoms with Crippen LogP contribution >= 0.6 is 11.9 Å². The number of imidazole rings is 1.